The summed E-state index contributed by atoms with van der Waals surface area (Å²) in [5.74, 6) is -2.25. The number of hydrogen-bond donors (Lipinski definition) is 2. The van der Waals surface area contributed by atoms with Crippen LogP contribution in [0.15, 0.2) is 30.4 Å². The van der Waals surface area contributed by atoms with Crippen molar-refractivity contribution in [1.82, 2.24) is 15.1 Å². The number of likely N-dealkylation sites (tertiary alicyclic amines) is 1. The molecule has 218 valence electrons. The minimum atomic E-state index is -1.17. The van der Waals surface area contributed by atoms with Crippen molar-refractivity contribution in [3.8, 4) is 0 Å². The van der Waals surface area contributed by atoms with Crippen LogP contribution < -0.4 is 10.6 Å². The van der Waals surface area contributed by atoms with Gasteiger partial charge in [-0.05, 0) is 57.0 Å². The van der Waals surface area contributed by atoms with Crippen LogP contribution in [0.4, 0.5) is 5.69 Å². The second kappa shape index (κ2) is 12.4. The van der Waals surface area contributed by atoms with Gasteiger partial charge in [-0.3, -0.25) is 14.4 Å². The van der Waals surface area contributed by atoms with Gasteiger partial charge < -0.3 is 25.2 Å². The third kappa shape index (κ3) is 5.52. The van der Waals surface area contributed by atoms with E-state index >= 15 is 0 Å². The van der Waals surface area contributed by atoms with Gasteiger partial charge in [-0.1, -0.05) is 68.5 Å². The Hall–Kier alpha value is -2.13. The molecule has 0 unspecified atom stereocenters. The lowest BCUT2D eigenvalue weighted by molar-refractivity contribution is -0.141. The highest BCUT2D eigenvalue weighted by atomic mass is 35.5. The summed E-state index contributed by atoms with van der Waals surface area (Å²) in [5.41, 5.74) is -0.676. The van der Waals surface area contributed by atoms with Crippen LogP contribution in [0.2, 0.25) is 10.0 Å². The number of ether oxygens (including phenoxy) is 1. The molecule has 2 N–H and O–H groups in total. The second-order valence-corrected chi connectivity index (χ2v) is 12.4. The number of halogens is 2. The number of anilines is 1. The average molecular weight is 592 g/mol. The molecule has 5 atom stereocenters. The number of carbonyl (C=O) groups is 3. The van der Waals surface area contributed by atoms with Crippen molar-refractivity contribution >= 4 is 46.6 Å². The van der Waals surface area contributed by atoms with E-state index in [1.165, 1.54) is 6.42 Å². The molecule has 2 bridgehead atoms. The molecule has 3 amide bonds. The Bertz CT molecular complexity index is 1150. The SMILES string of the molecule is CCCN(CCC)CCN1C(=O)[C@@H]2[C@H](C(=O)Nc3ccc(Cl)c(Cl)c3)[C@@H]3C=C[C@@]2(O3)[C@@H]1C(=O)NC1CCCCC1. The normalized spacial score (nSPS) is 29.3. The second-order valence-electron chi connectivity index (χ2n) is 11.5. The Labute approximate surface area is 246 Å². The van der Waals surface area contributed by atoms with E-state index in [0.29, 0.717) is 28.8 Å². The van der Waals surface area contributed by atoms with E-state index in [0.717, 1.165) is 51.6 Å². The zero-order chi connectivity index (χ0) is 28.4. The van der Waals surface area contributed by atoms with Crippen LogP contribution in [0, 0.1) is 11.8 Å². The van der Waals surface area contributed by atoms with E-state index in [-0.39, 0.29) is 23.8 Å². The first-order valence-electron chi connectivity index (χ1n) is 14.7. The van der Waals surface area contributed by atoms with Crippen molar-refractivity contribution in [3.63, 3.8) is 0 Å². The highest BCUT2D eigenvalue weighted by Crippen LogP contribution is 2.55. The third-order valence-electron chi connectivity index (χ3n) is 8.80. The van der Waals surface area contributed by atoms with Crippen molar-refractivity contribution in [1.29, 1.82) is 0 Å². The predicted molar refractivity (Wildman–Crippen MR) is 156 cm³/mol. The lowest BCUT2D eigenvalue weighted by Gasteiger charge is -2.35. The fourth-order valence-corrected chi connectivity index (χ4v) is 7.35. The zero-order valence-corrected chi connectivity index (χ0v) is 24.8. The van der Waals surface area contributed by atoms with Crippen LogP contribution in [-0.2, 0) is 19.1 Å². The molecule has 3 fully saturated rings. The van der Waals surface area contributed by atoms with Gasteiger partial charge in [0.25, 0.3) is 0 Å². The Morgan fingerprint density at radius 2 is 1.77 bits per heavy atom. The van der Waals surface area contributed by atoms with Crippen LogP contribution >= 0.6 is 23.2 Å². The largest absolute Gasteiger partial charge is 0.359 e. The Balaban J connectivity index is 1.41. The van der Waals surface area contributed by atoms with Crippen molar-refractivity contribution in [3.05, 3.63) is 40.4 Å². The van der Waals surface area contributed by atoms with E-state index in [4.69, 9.17) is 27.9 Å². The van der Waals surface area contributed by atoms with Crippen molar-refractivity contribution in [2.45, 2.75) is 82.6 Å². The molecular weight excluding hydrogens is 551 g/mol. The number of benzene rings is 1. The lowest BCUT2D eigenvalue weighted by atomic mass is 9.74. The zero-order valence-electron chi connectivity index (χ0n) is 23.3. The van der Waals surface area contributed by atoms with Gasteiger partial charge in [-0.15, -0.1) is 0 Å². The molecule has 4 aliphatic rings. The maximum absolute atomic E-state index is 14.2. The Morgan fingerprint density at radius 1 is 1.05 bits per heavy atom. The van der Waals surface area contributed by atoms with Crippen LogP contribution in [0.5, 0.6) is 0 Å². The van der Waals surface area contributed by atoms with E-state index in [9.17, 15) is 14.4 Å². The van der Waals surface area contributed by atoms with E-state index < -0.39 is 29.6 Å². The fraction of sp³-hybridized carbons (Fsp3) is 0.633. The molecular formula is C30H40Cl2N4O4. The molecule has 8 nitrogen and oxygen atoms in total. The molecule has 1 saturated carbocycles. The van der Waals surface area contributed by atoms with Crippen molar-refractivity contribution < 1.29 is 19.1 Å². The first-order valence-corrected chi connectivity index (χ1v) is 15.5. The Morgan fingerprint density at radius 3 is 2.45 bits per heavy atom. The number of nitrogens with one attached hydrogen (secondary N) is 2. The maximum Gasteiger partial charge on any atom is 0.246 e. The van der Waals surface area contributed by atoms with Gasteiger partial charge in [-0.25, -0.2) is 0 Å². The topological polar surface area (TPSA) is 91.0 Å². The van der Waals surface area contributed by atoms with Gasteiger partial charge >= 0.3 is 0 Å². The standard InChI is InChI=1S/C30H40Cl2N4O4/c1-3-14-35(15-4-2)16-17-36-26(28(38)33-19-8-6-5-7-9-19)30-13-12-23(40-30)24(25(30)29(36)39)27(37)34-20-10-11-21(31)22(32)18-20/h10-13,18-19,23-26H,3-9,14-17H2,1-2H3,(H,33,38)(H,34,37)/t23-,24+,25-,26-,30-/m0/s1. The van der Waals surface area contributed by atoms with E-state index in [1.807, 2.05) is 12.2 Å². The molecule has 10 heteroatoms. The summed E-state index contributed by atoms with van der Waals surface area (Å²) in [6.07, 6.45) is 10.4. The Kier molecular flexibility index (Phi) is 9.10. The van der Waals surface area contributed by atoms with Gasteiger partial charge in [0, 0.05) is 24.8 Å². The quantitative estimate of drug-likeness (QED) is 0.366. The van der Waals surface area contributed by atoms with Gasteiger partial charge in [-0.2, -0.15) is 0 Å². The van der Waals surface area contributed by atoms with E-state index in [2.05, 4.69) is 29.4 Å². The predicted octanol–water partition coefficient (Wildman–Crippen LogP) is 4.65. The molecule has 0 radical (unpaired) electrons. The number of nitrogens with zero attached hydrogens (tertiary/aromatic N) is 2. The smallest absolute Gasteiger partial charge is 0.246 e. The van der Waals surface area contributed by atoms with Crippen LogP contribution in [0.3, 0.4) is 0 Å². The molecule has 1 aromatic rings. The van der Waals surface area contributed by atoms with Gasteiger partial charge in [0.05, 0.1) is 28.0 Å². The van der Waals surface area contributed by atoms with Gasteiger partial charge in [0.1, 0.15) is 11.6 Å². The highest BCUT2D eigenvalue weighted by Gasteiger charge is 2.72. The summed E-state index contributed by atoms with van der Waals surface area (Å²) in [6.45, 7) is 7.20. The molecule has 1 aliphatic carbocycles. The molecule has 5 rings (SSSR count). The summed E-state index contributed by atoms with van der Waals surface area (Å²) in [5, 5.41) is 6.86. The molecule has 3 aliphatic heterocycles. The monoisotopic (exact) mass is 590 g/mol. The summed E-state index contributed by atoms with van der Waals surface area (Å²) >= 11 is 12.2. The van der Waals surface area contributed by atoms with Gasteiger partial charge in [0.2, 0.25) is 17.7 Å². The number of amides is 3. The van der Waals surface area contributed by atoms with Crippen LogP contribution in [0.1, 0.15) is 58.8 Å². The fourth-order valence-electron chi connectivity index (χ4n) is 7.05. The van der Waals surface area contributed by atoms with Crippen LogP contribution in [-0.4, -0.2) is 77.5 Å². The molecule has 1 spiro atoms. The summed E-state index contributed by atoms with van der Waals surface area (Å²) in [6, 6.07) is 4.15. The minimum Gasteiger partial charge on any atom is -0.359 e. The minimum absolute atomic E-state index is 0.0988. The summed E-state index contributed by atoms with van der Waals surface area (Å²) in [4.78, 5) is 45.8. The number of hydrogen-bond acceptors (Lipinski definition) is 5. The maximum atomic E-state index is 14.2. The van der Waals surface area contributed by atoms with Gasteiger partial charge in [0.15, 0.2) is 0 Å². The lowest BCUT2D eigenvalue weighted by Crippen LogP contribution is -2.57. The highest BCUT2D eigenvalue weighted by molar-refractivity contribution is 6.42. The van der Waals surface area contributed by atoms with Crippen molar-refractivity contribution in [2.75, 3.05) is 31.5 Å². The summed E-state index contributed by atoms with van der Waals surface area (Å²) < 4.78 is 6.47. The van der Waals surface area contributed by atoms with E-state index in [1.54, 1.807) is 23.1 Å². The molecule has 2 saturated heterocycles. The molecule has 0 aromatic heterocycles. The first kappa shape index (κ1) is 29.4. The molecule has 40 heavy (non-hydrogen) atoms. The molecule has 1 aromatic carbocycles. The number of rotatable bonds is 11. The number of carbonyl (C=O) groups excluding carboxylic acids is 3. The summed E-state index contributed by atoms with van der Waals surface area (Å²) in [7, 11) is 0. The number of fused-ring (bicyclic) bond motifs is 1. The average Bonchev–Trinajstić information content (AvgIpc) is 3.57. The third-order valence-corrected chi connectivity index (χ3v) is 9.54. The van der Waals surface area contributed by atoms with Crippen molar-refractivity contribution in [2.24, 2.45) is 11.8 Å². The van der Waals surface area contributed by atoms with Crippen LogP contribution in [0.25, 0.3) is 0 Å². The molecule has 3 heterocycles. The first-order chi connectivity index (χ1) is 19.3.